The zero-order valence-electron chi connectivity index (χ0n) is 6.01. The van der Waals surface area contributed by atoms with Crippen molar-refractivity contribution in [3.05, 3.63) is 0 Å². The fraction of sp³-hybridized carbons (Fsp3) is 1.00. The van der Waals surface area contributed by atoms with Gasteiger partial charge in [0.15, 0.2) is 0 Å². The summed E-state index contributed by atoms with van der Waals surface area (Å²) in [7, 11) is 5.76. The average molecular weight is 179 g/mol. The monoisotopic (exact) mass is 178 g/mol. The molecular formula is C6H12AlClO2. The van der Waals surface area contributed by atoms with Gasteiger partial charge in [-0.15, -0.1) is 0 Å². The highest BCUT2D eigenvalue weighted by atomic mass is 35.6. The van der Waals surface area contributed by atoms with E-state index in [2.05, 4.69) is 0 Å². The lowest BCUT2D eigenvalue weighted by Gasteiger charge is -2.03. The maximum atomic E-state index is 5.76. The van der Waals surface area contributed by atoms with E-state index in [1.165, 1.54) is 12.8 Å². The lowest BCUT2D eigenvalue weighted by atomic mass is 10.2. The molecule has 0 unspecified atom stereocenters. The van der Waals surface area contributed by atoms with Gasteiger partial charge in [-0.05, 0) is 12.8 Å². The maximum absolute atomic E-state index is 5.76. The van der Waals surface area contributed by atoms with Gasteiger partial charge in [0.2, 0.25) is 0 Å². The second-order valence-electron chi connectivity index (χ2n) is 2.43. The first-order chi connectivity index (χ1) is 4.89. The molecule has 1 saturated heterocycles. The van der Waals surface area contributed by atoms with Crippen molar-refractivity contribution >= 4 is 23.9 Å². The summed E-state index contributed by atoms with van der Waals surface area (Å²) < 4.78 is 10.5. The fourth-order valence-corrected chi connectivity index (χ4v) is 2.29. The van der Waals surface area contributed by atoms with Crippen LogP contribution in [-0.4, -0.2) is 27.1 Å². The van der Waals surface area contributed by atoms with Gasteiger partial charge < -0.3 is 7.58 Å². The maximum Gasteiger partial charge on any atom is 0.813 e. The summed E-state index contributed by atoms with van der Waals surface area (Å²) in [6.07, 6.45) is 4.78. The topological polar surface area (TPSA) is 18.5 Å². The van der Waals surface area contributed by atoms with E-state index in [0.29, 0.717) is 0 Å². The van der Waals surface area contributed by atoms with Crippen LogP contribution in [0.1, 0.15) is 25.7 Å². The van der Waals surface area contributed by atoms with E-state index in [-0.39, 0.29) is 0 Å². The van der Waals surface area contributed by atoms with Crippen molar-refractivity contribution < 1.29 is 7.58 Å². The predicted molar refractivity (Wildman–Crippen MR) is 42.0 cm³/mol. The Labute approximate surface area is 70.7 Å². The molecule has 0 radical (unpaired) electrons. The molecule has 0 aromatic heterocycles. The van der Waals surface area contributed by atoms with E-state index in [1.807, 2.05) is 0 Å². The van der Waals surface area contributed by atoms with E-state index >= 15 is 0 Å². The van der Waals surface area contributed by atoms with Crippen LogP contribution < -0.4 is 0 Å². The van der Waals surface area contributed by atoms with Crippen LogP contribution in [0.2, 0.25) is 0 Å². The largest absolute Gasteiger partial charge is 0.813 e. The molecule has 0 atom stereocenters. The summed E-state index contributed by atoms with van der Waals surface area (Å²) in [5.74, 6) is 0. The Bertz CT molecular complexity index is 81.8. The summed E-state index contributed by atoms with van der Waals surface area (Å²) in [5.41, 5.74) is 0. The minimum atomic E-state index is -1.73. The number of rotatable bonds is 0. The van der Waals surface area contributed by atoms with Gasteiger partial charge in [0.05, 0.1) is 0 Å². The SMILES string of the molecule is [Cl][Al]1[O]CCCCCC[O]1. The molecule has 0 spiro atoms. The van der Waals surface area contributed by atoms with E-state index in [9.17, 15) is 0 Å². The molecule has 1 heterocycles. The first-order valence-electron chi connectivity index (χ1n) is 3.77. The Morgan fingerprint density at radius 2 is 1.40 bits per heavy atom. The van der Waals surface area contributed by atoms with Crippen LogP contribution in [-0.2, 0) is 7.58 Å². The normalized spacial score (nSPS) is 23.1. The van der Waals surface area contributed by atoms with Gasteiger partial charge in [0.25, 0.3) is 0 Å². The second kappa shape index (κ2) is 5.40. The van der Waals surface area contributed by atoms with Crippen molar-refractivity contribution in [2.45, 2.75) is 25.7 Å². The minimum Gasteiger partial charge on any atom is -0.466 e. The van der Waals surface area contributed by atoms with Gasteiger partial charge in [-0.1, -0.05) is 12.8 Å². The zero-order valence-corrected chi connectivity index (χ0v) is 7.93. The van der Waals surface area contributed by atoms with Crippen molar-refractivity contribution in [2.24, 2.45) is 0 Å². The lowest BCUT2D eigenvalue weighted by molar-refractivity contribution is 0.220. The third-order valence-corrected chi connectivity index (χ3v) is 3.29. The first-order valence-corrected chi connectivity index (χ1v) is 6.46. The van der Waals surface area contributed by atoms with Gasteiger partial charge in [0, 0.05) is 13.2 Å². The summed E-state index contributed by atoms with van der Waals surface area (Å²) in [4.78, 5) is 0. The van der Waals surface area contributed by atoms with Gasteiger partial charge in [-0.25, -0.2) is 0 Å². The smallest absolute Gasteiger partial charge is 0.466 e. The predicted octanol–water partition coefficient (Wildman–Crippen LogP) is 1.82. The van der Waals surface area contributed by atoms with Gasteiger partial charge in [0.1, 0.15) is 0 Å². The standard InChI is InChI=1S/C6H12O2.Al.ClH/c7-5-3-1-2-4-6-8;;/h1-6H2;;1H/q-2;+3;/p-1. The fourth-order valence-electron chi connectivity index (χ4n) is 0.958. The van der Waals surface area contributed by atoms with Crippen LogP contribution in [0.15, 0.2) is 0 Å². The van der Waals surface area contributed by atoms with Crippen LogP contribution in [0, 0.1) is 0 Å². The number of halogens is 1. The lowest BCUT2D eigenvalue weighted by Crippen LogP contribution is -2.16. The molecule has 4 heteroatoms. The molecule has 1 rings (SSSR count). The van der Waals surface area contributed by atoms with Crippen molar-refractivity contribution in [1.29, 1.82) is 0 Å². The summed E-state index contributed by atoms with van der Waals surface area (Å²) in [5, 5.41) is 0. The Balaban J connectivity index is 2.15. The molecule has 0 bridgehead atoms. The van der Waals surface area contributed by atoms with Gasteiger partial charge in [-0.3, -0.25) is 0 Å². The molecule has 58 valence electrons. The molecular weight excluding hydrogens is 166 g/mol. The van der Waals surface area contributed by atoms with Crippen LogP contribution >= 0.6 is 10.0 Å². The van der Waals surface area contributed by atoms with Gasteiger partial charge in [-0.2, -0.15) is 10.0 Å². The molecule has 0 aromatic carbocycles. The minimum absolute atomic E-state index is 0.792. The molecule has 2 nitrogen and oxygen atoms in total. The molecule has 0 N–H and O–H groups in total. The highest BCUT2D eigenvalue weighted by Crippen LogP contribution is 2.07. The third-order valence-electron chi connectivity index (χ3n) is 1.54. The molecule has 0 aromatic rings. The Morgan fingerprint density at radius 1 is 0.900 bits per heavy atom. The summed E-state index contributed by atoms with van der Waals surface area (Å²) >= 11 is -1.73. The Hall–Kier alpha value is 0.742. The molecule has 0 aliphatic carbocycles. The highest BCUT2D eigenvalue weighted by Gasteiger charge is 2.22. The van der Waals surface area contributed by atoms with Crippen molar-refractivity contribution in [2.75, 3.05) is 13.2 Å². The summed E-state index contributed by atoms with van der Waals surface area (Å²) in [6.45, 7) is 1.58. The Morgan fingerprint density at radius 3 is 1.90 bits per heavy atom. The van der Waals surface area contributed by atoms with Crippen molar-refractivity contribution in [3.8, 4) is 0 Å². The number of hydrogen-bond acceptors (Lipinski definition) is 2. The zero-order chi connectivity index (χ0) is 7.23. The van der Waals surface area contributed by atoms with Crippen LogP contribution in [0.25, 0.3) is 0 Å². The Kier molecular flexibility index (Phi) is 4.77. The molecule has 1 fully saturated rings. The molecule has 10 heavy (non-hydrogen) atoms. The van der Waals surface area contributed by atoms with E-state index in [4.69, 9.17) is 17.6 Å². The van der Waals surface area contributed by atoms with E-state index in [1.54, 1.807) is 0 Å². The van der Waals surface area contributed by atoms with Crippen molar-refractivity contribution in [3.63, 3.8) is 0 Å². The average Bonchev–Trinajstić information content (AvgIpc) is 2.02. The third kappa shape index (κ3) is 3.80. The van der Waals surface area contributed by atoms with Crippen LogP contribution in [0.4, 0.5) is 0 Å². The van der Waals surface area contributed by atoms with Crippen LogP contribution in [0.5, 0.6) is 0 Å². The molecule has 0 saturated carbocycles. The number of hydrogen-bond donors (Lipinski definition) is 0. The summed E-state index contributed by atoms with van der Waals surface area (Å²) in [6, 6.07) is 0. The second-order valence-corrected chi connectivity index (χ2v) is 4.71. The molecule has 1 aliphatic rings. The first kappa shape index (κ1) is 8.84. The molecule has 1 aliphatic heterocycles. The van der Waals surface area contributed by atoms with Gasteiger partial charge >= 0.3 is 13.9 Å². The van der Waals surface area contributed by atoms with E-state index in [0.717, 1.165) is 26.1 Å². The van der Waals surface area contributed by atoms with Crippen molar-refractivity contribution in [1.82, 2.24) is 0 Å². The van der Waals surface area contributed by atoms with E-state index < -0.39 is 13.9 Å². The molecule has 0 amide bonds. The highest BCUT2D eigenvalue weighted by molar-refractivity contribution is 6.99. The quantitative estimate of drug-likeness (QED) is 0.527. The van der Waals surface area contributed by atoms with Crippen LogP contribution in [0.3, 0.4) is 0 Å².